The molecule has 2 heterocycles. The van der Waals surface area contributed by atoms with E-state index in [0.29, 0.717) is 11.6 Å². The van der Waals surface area contributed by atoms with E-state index in [4.69, 9.17) is 11.1 Å². The Bertz CT molecular complexity index is 572. The second kappa shape index (κ2) is 4.95. The molecule has 2 aromatic heterocycles. The summed E-state index contributed by atoms with van der Waals surface area (Å²) in [4.78, 5) is 12.9. The molecule has 0 saturated heterocycles. The molecule has 0 bridgehead atoms. The molecule has 0 saturated carbocycles. The number of rotatable bonds is 4. The summed E-state index contributed by atoms with van der Waals surface area (Å²) in [6.45, 7) is 3.95. The Morgan fingerprint density at radius 2 is 2.22 bits per heavy atom. The van der Waals surface area contributed by atoms with Crippen molar-refractivity contribution in [1.29, 1.82) is 5.41 Å². The van der Waals surface area contributed by atoms with Gasteiger partial charge in [-0.3, -0.25) is 9.98 Å². The predicted octanol–water partition coefficient (Wildman–Crippen LogP) is 1.21. The van der Waals surface area contributed by atoms with Crippen molar-refractivity contribution in [2.24, 2.45) is 5.73 Å². The fourth-order valence-corrected chi connectivity index (χ4v) is 1.72. The maximum atomic E-state index is 7.45. The van der Waals surface area contributed by atoms with Crippen LogP contribution in [0.5, 0.6) is 0 Å². The minimum absolute atomic E-state index is 0.0566. The molecule has 3 N–H and O–H groups in total. The van der Waals surface area contributed by atoms with E-state index in [2.05, 4.69) is 21.9 Å². The van der Waals surface area contributed by atoms with Gasteiger partial charge in [0.2, 0.25) is 5.95 Å². The lowest BCUT2D eigenvalue weighted by molar-refractivity contribution is 0.778. The van der Waals surface area contributed by atoms with Crippen molar-refractivity contribution in [2.45, 2.75) is 26.7 Å². The van der Waals surface area contributed by atoms with Gasteiger partial charge in [0.15, 0.2) is 0 Å². The molecule has 2 aromatic rings. The van der Waals surface area contributed by atoms with Crippen LogP contribution in [0.3, 0.4) is 0 Å². The van der Waals surface area contributed by atoms with Crippen molar-refractivity contribution in [3.05, 3.63) is 35.7 Å². The molecular formula is C12H16N6. The first-order valence-electron chi connectivity index (χ1n) is 5.84. The Morgan fingerprint density at radius 1 is 1.44 bits per heavy atom. The third kappa shape index (κ3) is 2.37. The van der Waals surface area contributed by atoms with Crippen LogP contribution in [0.1, 0.15) is 30.6 Å². The molecule has 0 aliphatic heterocycles. The van der Waals surface area contributed by atoms with Crippen LogP contribution in [0, 0.1) is 12.3 Å². The average Bonchev–Trinajstić information content (AvgIpc) is 2.77. The number of hydrogen-bond donors (Lipinski definition) is 2. The Labute approximate surface area is 105 Å². The predicted molar refractivity (Wildman–Crippen MR) is 68.9 cm³/mol. The summed E-state index contributed by atoms with van der Waals surface area (Å²) in [6.07, 6.45) is 5.41. The number of aryl methyl sites for hydroxylation is 2. The quantitative estimate of drug-likeness (QED) is 0.624. The van der Waals surface area contributed by atoms with Crippen molar-refractivity contribution in [1.82, 2.24) is 19.5 Å². The van der Waals surface area contributed by atoms with E-state index in [1.807, 2.05) is 17.7 Å². The number of imidazole rings is 1. The molecule has 0 spiro atoms. The highest BCUT2D eigenvalue weighted by Crippen LogP contribution is 2.09. The van der Waals surface area contributed by atoms with Gasteiger partial charge in [0.1, 0.15) is 17.4 Å². The normalized spacial score (nSPS) is 10.6. The van der Waals surface area contributed by atoms with Gasteiger partial charge in [0, 0.05) is 24.5 Å². The molecular weight excluding hydrogens is 228 g/mol. The van der Waals surface area contributed by atoms with Crippen molar-refractivity contribution < 1.29 is 0 Å². The molecule has 0 atom stereocenters. The molecule has 0 aromatic carbocycles. The third-order valence-electron chi connectivity index (χ3n) is 2.52. The van der Waals surface area contributed by atoms with Crippen LogP contribution in [-0.4, -0.2) is 25.4 Å². The van der Waals surface area contributed by atoms with Gasteiger partial charge in [0.05, 0.1) is 0 Å². The molecule has 0 radical (unpaired) electrons. The van der Waals surface area contributed by atoms with Gasteiger partial charge in [-0.25, -0.2) is 15.0 Å². The first kappa shape index (κ1) is 12.2. The summed E-state index contributed by atoms with van der Waals surface area (Å²) in [7, 11) is 0. The fourth-order valence-electron chi connectivity index (χ4n) is 1.72. The SMILES string of the molecule is CCCc1nccn1-c1nc(C)cc(C(=N)N)n1. The summed E-state index contributed by atoms with van der Waals surface area (Å²) in [5, 5.41) is 7.45. The topological polar surface area (TPSA) is 93.5 Å². The van der Waals surface area contributed by atoms with Crippen LogP contribution in [0.2, 0.25) is 0 Å². The Hall–Kier alpha value is -2.24. The number of nitrogens with two attached hydrogens (primary N) is 1. The molecule has 0 amide bonds. The lowest BCUT2D eigenvalue weighted by atomic mass is 10.3. The third-order valence-corrected chi connectivity index (χ3v) is 2.52. The minimum Gasteiger partial charge on any atom is -0.382 e. The zero-order chi connectivity index (χ0) is 13.1. The van der Waals surface area contributed by atoms with Crippen LogP contribution < -0.4 is 5.73 Å². The first-order chi connectivity index (χ1) is 8.61. The van der Waals surface area contributed by atoms with E-state index in [1.165, 1.54) is 0 Å². The molecule has 6 nitrogen and oxygen atoms in total. The molecule has 0 aliphatic rings. The second-order valence-corrected chi connectivity index (χ2v) is 4.07. The maximum absolute atomic E-state index is 7.45. The number of hydrogen-bond acceptors (Lipinski definition) is 4. The fraction of sp³-hybridized carbons (Fsp3) is 0.333. The monoisotopic (exact) mass is 244 g/mol. The van der Waals surface area contributed by atoms with Crippen LogP contribution in [0.15, 0.2) is 18.5 Å². The molecule has 94 valence electrons. The average molecular weight is 244 g/mol. The zero-order valence-electron chi connectivity index (χ0n) is 10.5. The van der Waals surface area contributed by atoms with Crippen molar-refractivity contribution in [2.75, 3.05) is 0 Å². The molecule has 0 fully saturated rings. The number of nitrogens with zero attached hydrogens (tertiary/aromatic N) is 4. The van der Waals surface area contributed by atoms with Crippen molar-refractivity contribution in [3.63, 3.8) is 0 Å². The summed E-state index contributed by atoms with van der Waals surface area (Å²) >= 11 is 0. The number of aromatic nitrogens is 4. The van der Waals surface area contributed by atoms with Crippen LogP contribution in [0.4, 0.5) is 0 Å². The summed E-state index contributed by atoms with van der Waals surface area (Å²) in [5.41, 5.74) is 6.69. The highest BCUT2D eigenvalue weighted by Gasteiger charge is 2.09. The highest BCUT2D eigenvalue weighted by molar-refractivity contribution is 5.93. The molecule has 6 heteroatoms. The van der Waals surface area contributed by atoms with Gasteiger partial charge in [-0.2, -0.15) is 0 Å². The largest absolute Gasteiger partial charge is 0.382 e. The van der Waals surface area contributed by atoms with Gasteiger partial charge in [0.25, 0.3) is 0 Å². The van der Waals surface area contributed by atoms with Crippen LogP contribution in [-0.2, 0) is 6.42 Å². The minimum atomic E-state index is -0.0566. The van der Waals surface area contributed by atoms with Crippen molar-refractivity contribution in [3.8, 4) is 5.95 Å². The van der Waals surface area contributed by atoms with Gasteiger partial charge in [-0.05, 0) is 19.4 Å². The molecule has 18 heavy (non-hydrogen) atoms. The number of amidine groups is 1. The van der Waals surface area contributed by atoms with E-state index in [-0.39, 0.29) is 5.84 Å². The lowest BCUT2D eigenvalue weighted by Gasteiger charge is -2.08. The van der Waals surface area contributed by atoms with E-state index >= 15 is 0 Å². The van der Waals surface area contributed by atoms with Crippen LogP contribution in [0.25, 0.3) is 5.95 Å². The second-order valence-electron chi connectivity index (χ2n) is 4.07. The zero-order valence-corrected chi connectivity index (χ0v) is 10.5. The number of nitrogen functional groups attached to an aromatic ring is 1. The standard InChI is InChI=1S/C12H16N6/c1-3-4-10-15-5-6-18(10)12-16-8(2)7-9(17-12)11(13)14/h5-7H,3-4H2,1-2H3,(H3,13,14). The Balaban J connectivity index is 2.49. The van der Waals surface area contributed by atoms with Gasteiger partial charge < -0.3 is 5.73 Å². The van der Waals surface area contributed by atoms with E-state index in [9.17, 15) is 0 Å². The van der Waals surface area contributed by atoms with E-state index < -0.39 is 0 Å². The van der Waals surface area contributed by atoms with Gasteiger partial charge >= 0.3 is 0 Å². The van der Waals surface area contributed by atoms with Crippen LogP contribution >= 0.6 is 0 Å². The molecule has 0 unspecified atom stereocenters. The van der Waals surface area contributed by atoms with E-state index in [0.717, 1.165) is 24.4 Å². The van der Waals surface area contributed by atoms with Gasteiger partial charge in [-0.1, -0.05) is 6.92 Å². The van der Waals surface area contributed by atoms with Crippen molar-refractivity contribution >= 4 is 5.84 Å². The maximum Gasteiger partial charge on any atom is 0.236 e. The lowest BCUT2D eigenvalue weighted by Crippen LogP contribution is -2.16. The first-order valence-corrected chi connectivity index (χ1v) is 5.84. The Kier molecular flexibility index (Phi) is 3.36. The smallest absolute Gasteiger partial charge is 0.236 e. The Morgan fingerprint density at radius 3 is 2.89 bits per heavy atom. The molecule has 0 aliphatic carbocycles. The number of nitrogens with one attached hydrogen (secondary N) is 1. The molecule has 2 rings (SSSR count). The van der Waals surface area contributed by atoms with Gasteiger partial charge in [-0.15, -0.1) is 0 Å². The highest BCUT2D eigenvalue weighted by atomic mass is 15.2. The van der Waals surface area contributed by atoms with E-state index in [1.54, 1.807) is 12.3 Å². The summed E-state index contributed by atoms with van der Waals surface area (Å²) in [6, 6.07) is 1.70. The summed E-state index contributed by atoms with van der Waals surface area (Å²) < 4.78 is 1.84. The summed E-state index contributed by atoms with van der Waals surface area (Å²) in [5.74, 6) is 1.37.